The third-order valence-corrected chi connectivity index (χ3v) is 5.86. The molecule has 0 aliphatic heterocycles. The summed E-state index contributed by atoms with van der Waals surface area (Å²) in [6, 6.07) is 5.93. The molecule has 182 valence electrons. The van der Waals surface area contributed by atoms with Gasteiger partial charge in [0.25, 0.3) is 0 Å². The van der Waals surface area contributed by atoms with Crippen molar-refractivity contribution in [3.8, 4) is 0 Å². The molecule has 2 aromatic carbocycles. The number of hydrogen-bond acceptors (Lipinski definition) is 3. The number of hydrogen-bond donors (Lipinski definition) is 3. The lowest BCUT2D eigenvalue weighted by Crippen LogP contribution is -2.47. The van der Waals surface area contributed by atoms with E-state index in [1.165, 1.54) is 18.2 Å². The topological polar surface area (TPSA) is 61.4 Å². The van der Waals surface area contributed by atoms with Crippen LogP contribution in [-0.4, -0.2) is 29.9 Å². The SMILES string of the molecule is Cc1cc(NC[C@](O)(c2cc(Cl)c(Cl)c(Cl)c2)C(F)(F)F)ccc1CNC(=O)CC(F)(F)F. The van der Waals surface area contributed by atoms with Crippen molar-refractivity contribution in [3.05, 3.63) is 62.1 Å². The van der Waals surface area contributed by atoms with E-state index in [0.717, 1.165) is 12.1 Å². The molecule has 0 aliphatic rings. The molecule has 0 spiro atoms. The average molecular weight is 538 g/mol. The minimum atomic E-state index is -5.11. The number of nitrogens with one attached hydrogen (secondary N) is 2. The molecule has 13 heteroatoms. The zero-order chi connectivity index (χ0) is 25.2. The Morgan fingerprint density at radius 3 is 2.06 bits per heavy atom. The first kappa shape index (κ1) is 27.4. The Bertz CT molecular complexity index is 1010. The van der Waals surface area contributed by atoms with Gasteiger partial charge < -0.3 is 15.7 Å². The predicted octanol–water partition coefficient (Wildman–Crippen LogP) is 6.39. The Labute approximate surface area is 199 Å². The molecule has 1 amide bonds. The number of alkyl halides is 6. The van der Waals surface area contributed by atoms with Gasteiger partial charge in [0, 0.05) is 12.2 Å². The zero-order valence-corrected chi connectivity index (χ0v) is 19.0. The van der Waals surface area contributed by atoms with E-state index in [4.69, 9.17) is 34.8 Å². The molecule has 0 saturated carbocycles. The third kappa shape index (κ3) is 7.05. The molecule has 0 fully saturated rings. The summed E-state index contributed by atoms with van der Waals surface area (Å²) in [5, 5.41) is 14.4. The Balaban J connectivity index is 2.17. The number of benzene rings is 2. The number of rotatable bonds is 7. The summed E-state index contributed by atoms with van der Waals surface area (Å²) in [6.45, 7) is 0.353. The van der Waals surface area contributed by atoms with Crippen molar-refractivity contribution in [1.29, 1.82) is 0 Å². The number of carbonyl (C=O) groups is 1. The van der Waals surface area contributed by atoms with E-state index in [-0.39, 0.29) is 27.3 Å². The minimum Gasteiger partial charge on any atom is -0.381 e. The van der Waals surface area contributed by atoms with Crippen LogP contribution in [0.5, 0.6) is 0 Å². The molecule has 4 nitrogen and oxygen atoms in total. The number of amides is 1. The number of anilines is 1. The predicted molar refractivity (Wildman–Crippen MR) is 114 cm³/mol. The zero-order valence-electron chi connectivity index (χ0n) is 16.8. The van der Waals surface area contributed by atoms with Gasteiger partial charge in [0.2, 0.25) is 11.5 Å². The second kappa shape index (κ2) is 10.2. The number of halogens is 9. The summed E-state index contributed by atoms with van der Waals surface area (Å²) >= 11 is 17.4. The van der Waals surface area contributed by atoms with Gasteiger partial charge in [-0.15, -0.1) is 0 Å². The van der Waals surface area contributed by atoms with Crippen molar-refractivity contribution < 1.29 is 36.2 Å². The molecular weight excluding hydrogens is 521 g/mol. The second-order valence-electron chi connectivity index (χ2n) is 7.18. The smallest absolute Gasteiger partial charge is 0.381 e. The highest BCUT2D eigenvalue weighted by Gasteiger charge is 2.55. The maximum atomic E-state index is 13.8. The van der Waals surface area contributed by atoms with Crippen molar-refractivity contribution in [3.63, 3.8) is 0 Å². The van der Waals surface area contributed by atoms with Crippen LogP contribution in [0.15, 0.2) is 30.3 Å². The number of aryl methyl sites for hydroxylation is 1. The first-order valence-electron chi connectivity index (χ1n) is 9.14. The molecule has 33 heavy (non-hydrogen) atoms. The highest BCUT2D eigenvalue weighted by atomic mass is 35.5. The van der Waals surface area contributed by atoms with Gasteiger partial charge in [0.05, 0.1) is 21.6 Å². The highest BCUT2D eigenvalue weighted by molar-refractivity contribution is 6.48. The largest absolute Gasteiger partial charge is 0.423 e. The van der Waals surface area contributed by atoms with Gasteiger partial charge in [-0.2, -0.15) is 26.3 Å². The van der Waals surface area contributed by atoms with Crippen molar-refractivity contribution in [2.24, 2.45) is 0 Å². The summed E-state index contributed by atoms with van der Waals surface area (Å²) < 4.78 is 78.0. The highest BCUT2D eigenvalue weighted by Crippen LogP contribution is 2.43. The van der Waals surface area contributed by atoms with Crippen LogP contribution in [-0.2, 0) is 16.9 Å². The van der Waals surface area contributed by atoms with Gasteiger partial charge in [-0.05, 0) is 47.9 Å². The van der Waals surface area contributed by atoms with Crippen molar-refractivity contribution in [2.45, 2.75) is 37.8 Å². The molecule has 0 heterocycles. The van der Waals surface area contributed by atoms with Crippen LogP contribution < -0.4 is 10.6 Å². The van der Waals surface area contributed by atoms with Gasteiger partial charge >= 0.3 is 12.4 Å². The van der Waals surface area contributed by atoms with Crippen LogP contribution in [0.2, 0.25) is 15.1 Å². The van der Waals surface area contributed by atoms with Crippen molar-refractivity contribution in [1.82, 2.24) is 5.32 Å². The molecule has 0 saturated heterocycles. The number of aliphatic hydroxyl groups is 1. The van der Waals surface area contributed by atoms with E-state index in [1.807, 2.05) is 0 Å². The van der Waals surface area contributed by atoms with E-state index < -0.39 is 42.4 Å². The lowest BCUT2D eigenvalue weighted by Gasteiger charge is -2.32. The maximum absolute atomic E-state index is 13.8. The van der Waals surface area contributed by atoms with Gasteiger partial charge in [-0.25, -0.2) is 0 Å². The molecule has 0 radical (unpaired) electrons. The maximum Gasteiger partial charge on any atom is 0.423 e. The summed E-state index contributed by atoms with van der Waals surface area (Å²) in [5.74, 6) is -1.21. The Morgan fingerprint density at radius 1 is 1.00 bits per heavy atom. The van der Waals surface area contributed by atoms with Crippen LogP contribution in [0.3, 0.4) is 0 Å². The molecule has 0 aliphatic carbocycles. The fraction of sp³-hybridized carbons (Fsp3) is 0.350. The Hall–Kier alpha value is -1.88. The van der Waals surface area contributed by atoms with Gasteiger partial charge in [0.1, 0.15) is 6.42 Å². The third-order valence-electron chi connectivity index (χ3n) is 4.66. The number of carbonyl (C=O) groups excluding carboxylic acids is 1. The van der Waals surface area contributed by atoms with E-state index in [1.54, 1.807) is 6.92 Å². The molecular formula is C20H17Cl3F6N2O2. The standard InChI is InChI=1S/C20H17Cl3F6N2O2/c1-10-4-13(3-2-11(10)8-30-16(32)7-19(24,25)26)31-9-18(33,20(27,28)29)12-5-14(21)17(23)15(22)6-12/h2-6,31,33H,7-9H2,1H3,(H,30,32)/t18-/m0/s1. The lowest BCUT2D eigenvalue weighted by molar-refractivity contribution is -0.260. The molecule has 0 bridgehead atoms. The van der Waals surface area contributed by atoms with Crippen LogP contribution in [0.4, 0.5) is 32.0 Å². The summed E-state index contributed by atoms with van der Waals surface area (Å²) in [4.78, 5) is 11.3. The molecule has 3 N–H and O–H groups in total. The van der Waals surface area contributed by atoms with E-state index >= 15 is 0 Å². The monoisotopic (exact) mass is 536 g/mol. The van der Waals surface area contributed by atoms with E-state index in [0.29, 0.717) is 11.1 Å². The van der Waals surface area contributed by atoms with Crippen molar-refractivity contribution in [2.75, 3.05) is 11.9 Å². The molecule has 1 atom stereocenters. The Kier molecular flexibility index (Phi) is 8.43. The Morgan fingerprint density at radius 2 is 1.58 bits per heavy atom. The van der Waals surface area contributed by atoms with Crippen LogP contribution in [0, 0.1) is 6.92 Å². The second-order valence-corrected chi connectivity index (χ2v) is 8.37. The summed E-state index contributed by atoms with van der Waals surface area (Å²) in [5.41, 5.74) is -2.86. The fourth-order valence-corrected chi connectivity index (χ4v) is 3.43. The van der Waals surface area contributed by atoms with Gasteiger partial charge in [0.15, 0.2) is 0 Å². The molecule has 2 aromatic rings. The fourth-order valence-electron chi connectivity index (χ4n) is 2.83. The van der Waals surface area contributed by atoms with Crippen LogP contribution in [0.1, 0.15) is 23.1 Å². The first-order chi connectivity index (χ1) is 15.0. The molecule has 0 unspecified atom stereocenters. The summed E-state index contributed by atoms with van der Waals surface area (Å²) in [7, 11) is 0. The van der Waals surface area contributed by atoms with E-state index in [2.05, 4.69) is 10.6 Å². The van der Waals surface area contributed by atoms with E-state index in [9.17, 15) is 36.2 Å². The molecule has 2 rings (SSSR count). The summed E-state index contributed by atoms with van der Waals surface area (Å²) in [6.07, 6.45) is -11.4. The van der Waals surface area contributed by atoms with Gasteiger partial charge in [-0.3, -0.25) is 4.79 Å². The van der Waals surface area contributed by atoms with Crippen LogP contribution >= 0.6 is 34.8 Å². The van der Waals surface area contributed by atoms with Crippen molar-refractivity contribution >= 4 is 46.4 Å². The van der Waals surface area contributed by atoms with Gasteiger partial charge in [-0.1, -0.05) is 40.9 Å². The molecule has 0 aromatic heterocycles. The quantitative estimate of drug-likeness (QED) is 0.284. The normalized spacial score (nSPS) is 14.0. The first-order valence-corrected chi connectivity index (χ1v) is 10.3. The van der Waals surface area contributed by atoms with Crippen LogP contribution in [0.25, 0.3) is 0 Å². The average Bonchev–Trinajstić information content (AvgIpc) is 2.66. The lowest BCUT2D eigenvalue weighted by atomic mass is 9.92. The minimum absolute atomic E-state index is 0.159.